The monoisotopic (exact) mass is 162 g/mol. The van der Waals surface area contributed by atoms with Gasteiger partial charge in [0.05, 0.1) is 6.85 Å². The van der Waals surface area contributed by atoms with Crippen molar-refractivity contribution in [2.45, 2.75) is 0 Å². The average Bonchev–Trinajstić information content (AvgIpc) is 2.36. The van der Waals surface area contributed by atoms with Crippen LogP contribution < -0.4 is 0 Å². The Balaban J connectivity index is 2.80. The summed E-state index contributed by atoms with van der Waals surface area (Å²) in [4.78, 5) is 11.2. The van der Waals surface area contributed by atoms with Crippen LogP contribution >= 0.6 is 0 Å². The SMILES string of the molecule is [2H]c1c([2H])c([2H])c(-c2ncncn2)c([2H])c1[2H]. The van der Waals surface area contributed by atoms with Crippen molar-refractivity contribution in [3.05, 3.63) is 42.9 Å². The van der Waals surface area contributed by atoms with E-state index in [4.69, 9.17) is 6.85 Å². The van der Waals surface area contributed by atoms with E-state index in [2.05, 4.69) is 15.0 Å². The van der Waals surface area contributed by atoms with Crippen LogP contribution in [0.25, 0.3) is 11.4 Å². The molecule has 0 unspecified atom stereocenters. The second-order valence-electron chi connectivity index (χ2n) is 1.96. The zero-order valence-corrected chi connectivity index (χ0v) is 6.00. The molecule has 2 rings (SSSR count). The van der Waals surface area contributed by atoms with Gasteiger partial charge < -0.3 is 0 Å². The van der Waals surface area contributed by atoms with E-state index >= 15 is 0 Å². The third-order valence-corrected chi connectivity index (χ3v) is 1.22. The average molecular weight is 162 g/mol. The molecule has 1 aromatic heterocycles. The first-order valence-corrected chi connectivity index (χ1v) is 3.23. The Kier molecular flexibility index (Phi) is 0.851. The Hall–Kier alpha value is -1.77. The zero-order chi connectivity index (χ0) is 12.6. The van der Waals surface area contributed by atoms with Gasteiger partial charge >= 0.3 is 0 Å². The maximum Gasteiger partial charge on any atom is 0.162 e. The molecule has 0 aliphatic carbocycles. The molecule has 1 aromatic carbocycles. The minimum atomic E-state index is -0.433. The molecule has 2 aromatic rings. The van der Waals surface area contributed by atoms with Crippen molar-refractivity contribution in [1.82, 2.24) is 15.0 Å². The van der Waals surface area contributed by atoms with Crippen LogP contribution in [0.15, 0.2) is 42.9 Å². The second kappa shape index (κ2) is 3.09. The molecule has 0 atom stereocenters. The summed E-state index contributed by atoms with van der Waals surface area (Å²) in [5.41, 5.74) is -0.0154. The Bertz CT molecular complexity index is 544. The number of benzene rings is 1. The van der Waals surface area contributed by atoms with Gasteiger partial charge in [0.2, 0.25) is 0 Å². The lowest BCUT2D eigenvalue weighted by Crippen LogP contribution is -1.87. The van der Waals surface area contributed by atoms with Gasteiger partial charge in [-0.25, -0.2) is 15.0 Å². The first-order chi connectivity index (χ1) is 8.04. The second-order valence-corrected chi connectivity index (χ2v) is 1.96. The van der Waals surface area contributed by atoms with Crippen LogP contribution in [0.2, 0.25) is 0 Å². The Morgan fingerprint density at radius 3 is 2.33 bits per heavy atom. The first kappa shape index (κ1) is 3.31. The van der Waals surface area contributed by atoms with E-state index in [1.807, 2.05) is 0 Å². The molecule has 1 heterocycles. The van der Waals surface area contributed by atoms with Crippen LogP contribution in [-0.4, -0.2) is 15.0 Å². The van der Waals surface area contributed by atoms with Crippen molar-refractivity contribution in [1.29, 1.82) is 0 Å². The smallest absolute Gasteiger partial charge is 0.162 e. The van der Waals surface area contributed by atoms with Gasteiger partial charge in [-0.05, 0) is 0 Å². The van der Waals surface area contributed by atoms with Crippen molar-refractivity contribution < 1.29 is 6.85 Å². The third-order valence-electron chi connectivity index (χ3n) is 1.22. The number of rotatable bonds is 1. The van der Waals surface area contributed by atoms with E-state index in [-0.39, 0.29) is 23.5 Å². The van der Waals surface area contributed by atoms with Crippen LogP contribution in [0.1, 0.15) is 6.85 Å². The van der Waals surface area contributed by atoms with E-state index in [1.165, 1.54) is 12.7 Å². The highest BCUT2D eigenvalue weighted by molar-refractivity contribution is 5.53. The Labute approximate surface area is 77.2 Å². The van der Waals surface area contributed by atoms with Gasteiger partial charge in [0, 0.05) is 5.56 Å². The lowest BCUT2D eigenvalue weighted by atomic mass is 10.2. The van der Waals surface area contributed by atoms with E-state index in [0.29, 0.717) is 0 Å². The summed E-state index contributed by atoms with van der Waals surface area (Å²) in [6.45, 7) is 0. The van der Waals surface area contributed by atoms with Crippen molar-refractivity contribution in [3.63, 3.8) is 0 Å². The number of hydrogen-bond acceptors (Lipinski definition) is 3. The van der Waals surface area contributed by atoms with Crippen molar-refractivity contribution >= 4 is 0 Å². The van der Waals surface area contributed by atoms with Crippen LogP contribution in [0.4, 0.5) is 0 Å². The summed E-state index contributed by atoms with van der Waals surface area (Å²) in [5, 5.41) is 0. The van der Waals surface area contributed by atoms with Gasteiger partial charge in [-0.2, -0.15) is 0 Å². The fourth-order valence-corrected chi connectivity index (χ4v) is 0.730. The Morgan fingerprint density at radius 2 is 1.67 bits per heavy atom. The van der Waals surface area contributed by atoms with E-state index in [9.17, 15) is 0 Å². The number of hydrogen-bond donors (Lipinski definition) is 0. The summed E-state index contributed by atoms with van der Waals surface area (Å²) < 4.78 is 37.9. The molecule has 0 aliphatic rings. The maximum absolute atomic E-state index is 7.70. The molecule has 0 N–H and O–H groups in total. The normalized spacial score (nSPS) is 15.5. The lowest BCUT2D eigenvalue weighted by Gasteiger charge is -1.95. The van der Waals surface area contributed by atoms with E-state index in [1.54, 1.807) is 0 Å². The fourth-order valence-electron chi connectivity index (χ4n) is 0.730. The molecular formula is C9H7N3. The van der Waals surface area contributed by atoms with Gasteiger partial charge in [-0.3, -0.25) is 0 Å². The third kappa shape index (κ3) is 1.29. The van der Waals surface area contributed by atoms with Gasteiger partial charge in [0.25, 0.3) is 0 Å². The van der Waals surface area contributed by atoms with Crippen molar-refractivity contribution in [2.24, 2.45) is 0 Å². The minimum Gasteiger partial charge on any atom is -0.225 e. The zero-order valence-electron chi connectivity index (χ0n) is 11.0. The molecule has 3 heteroatoms. The quantitative estimate of drug-likeness (QED) is 0.638. The van der Waals surface area contributed by atoms with Gasteiger partial charge in [-0.1, -0.05) is 30.2 Å². The molecule has 0 spiro atoms. The highest BCUT2D eigenvalue weighted by Crippen LogP contribution is 2.10. The first-order valence-electron chi connectivity index (χ1n) is 5.73. The predicted molar refractivity (Wildman–Crippen MR) is 45.3 cm³/mol. The van der Waals surface area contributed by atoms with E-state index in [0.717, 1.165) is 0 Å². The summed E-state index contributed by atoms with van der Waals surface area (Å²) >= 11 is 0. The van der Waals surface area contributed by atoms with Gasteiger partial charge in [0.15, 0.2) is 5.82 Å². The van der Waals surface area contributed by atoms with Gasteiger partial charge in [0.1, 0.15) is 12.7 Å². The molecule has 3 nitrogen and oxygen atoms in total. The van der Waals surface area contributed by atoms with E-state index < -0.39 is 18.1 Å². The van der Waals surface area contributed by atoms with Crippen LogP contribution in [0.3, 0.4) is 0 Å². The van der Waals surface area contributed by atoms with Crippen LogP contribution in [0.5, 0.6) is 0 Å². The molecule has 0 aliphatic heterocycles. The largest absolute Gasteiger partial charge is 0.225 e. The molecule has 0 fully saturated rings. The molecule has 0 amide bonds. The minimum absolute atomic E-state index is 0.0154. The molecule has 0 saturated carbocycles. The summed E-state index contributed by atoms with van der Waals surface area (Å²) in [5.74, 6) is 0.0667. The number of nitrogens with zero attached hydrogens (tertiary/aromatic N) is 3. The molecular weight excluding hydrogens is 150 g/mol. The van der Waals surface area contributed by atoms with Crippen LogP contribution in [-0.2, 0) is 0 Å². The molecule has 12 heavy (non-hydrogen) atoms. The fraction of sp³-hybridized carbons (Fsp3) is 0. The van der Waals surface area contributed by atoms with Crippen LogP contribution in [0, 0.1) is 0 Å². The topological polar surface area (TPSA) is 38.7 Å². The summed E-state index contributed by atoms with van der Waals surface area (Å²) in [7, 11) is 0. The molecule has 0 radical (unpaired) electrons. The molecule has 0 bridgehead atoms. The summed E-state index contributed by atoms with van der Waals surface area (Å²) in [6, 6.07) is -1.87. The van der Waals surface area contributed by atoms with Crippen molar-refractivity contribution in [3.8, 4) is 11.4 Å². The number of aromatic nitrogens is 3. The van der Waals surface area contributed by atoms with Crippen molar-refractivity contribution in [2.75, 3.05) is 0 Å². The maximum atomic E-state index is 7.70. The van der Waals surface area contributed by atoms with Gasteiger partial charge in [-0.15, -0.1) is 0 Å². The lowest BCUT2D eigenvalue weighted by molar-refractivity contribution is 1.06. The summed E-state index contributed by atoms with van der Waals surface area (Å²) in [6.07, 6.45) is 2.42. The standard InChI is InChI=1S/C9H7N3/c1-2-4-8(5-3-1)9-11-6-10-7-12-9/h1-7H/i1D,2D,3D,4D,5D. The molecule has 58 valence electrons. The highest BCUT2D eigenvalue weighted by atomic mass is 15.0. The Morgan fingerprint density at radius 1 is 1.00 bits per heavy atom. The predicted octanol–water partition coefficient (Wildman–Crippen LogP) is 1.54. The highest BCUT2D eigenvalue weighted by Gasteiger charge is 1.95. The molecule has 0 saturated heterocycles.